The smallest absolute Gasteiger partial charge is 0.408 e. The van der Waals surface area contributed by atoms with E-state index in [-0.39, 0.29) is 17.7 Å². The van der Waals surface area contributed by atoms with Crippen LogP contribution in [0.4, 0.5) is 4.79 Å². The summed E-state index contributed by atoms with van der Waals surface area (Å²) in [5.74, 6) is -1.01. The summed E-state index contributed by atoms with van der Waals surface area (Å²) in [5.41, 5.74) is -0.595. The summed E-state index contributed by atoms with van der Waals surface area (Å²) in [6, 6.07) is -0.372. The van der Waals surface area contributed by atoms with Crippen molar-refractivity contribution in [3.63, 3.8) is 0 Å². The summed E-state index contributed by atoms with van der Waals surface area (Å²) in [5, 5.41) is 13.6. The molecular formula is C13H20N2O4S. The number of nitrogens with zero attached hydrogens (tertiary/aromatic N) is 1. The first-order valence-electron chi connectivity index (χ1n) is 6.28. The molecule has 0 aliphatic rings. The molecule has 0 spiro atoms. The number of thiazole rings is 1. The quantitative estimate of drug-likeness (QED) is 0.892. The highest BCUT2D eigenvalue weighted by atomic mass is 32.1. The van der Waals surface area contributed by atoms with E-state index in [9.17, 15) is 9.59 Å². The number of alkyl carbamates (subject to hydrolysis) is 1. The standard InChI is InChI=1S/C13H20N2O4S/c1-7(2)9(15-12(18)19-13(3,4)5)10-14-8(6-20-10)11(16)17/h6-7,9H,1-5H3,(H,15,18)(H,16,17)/t9-/m1/s1. The molecule has 0 aliphatic heterocycles. The second-order valence-corrected chi connectivity index (χ2v) is 6.63. The van der Waals surface area contributed by atoms with Gasteiger partial charge in [-0.2, -0.15) is 0 Å². The molecule has 2 N–H and O–H groups in total. The predicted molar refractivity (Wildman–Crippen MR) is 76.0 cm³/mol. The van der Waals surface area contributed by atoms with E-state index in [0.717, 1.165) is 0 Å². The number of carbonyl (C=O) groups excluding carboxylic acids is 1. The third-order valence-electron chi connectivity index (χ3n) is 2.35. The Kier molecular flexibility index (Phi) is 5.10. The molecule has 1 rings (SSSR count). The number of nitrogens with one attached hydrogen (secondary N) is 1. The molecule has 1 amide bonds. The fraction of sp³-hybridized carbons (Fsp3) is 0.615. The highest BCUT2D eigenvalue weighted by molar-refractivity contribution is 7.09. The molecular weight excluding hydrogens is 280 g/mol. The summed E-state index contributed by atoms with van der Waals surface area (Å²) < 4.78 is 5.20. The van der Waals surface area contributed by atoms with E-state index < -0.39 is 17.7 Å². The number of rotatable bonds is 4. The van der Waals surface area contributed by atoms with Crippen LogP contribution in [0.15, 0.2) is 5.38 Å². The molecule has 1 atom stereocenters. The van der Waals surface area contributed by atoms with Crippen molar-refractivity contribution in [1.29, 1.82) is 0 Å². The minimum Gasteiger partial charge on any atom is -0.476 e. The lowest BCUT2D eigenvalue weighted by molar-refractivity contribution is 0.0489. The number of aromatic carboxylic acids is 1. The molecule has 0 unspecified atom stereocenters. The maximum atomic E-state index is 11.8. The Morgan fingerprint density at radius 2 is 2.00 bits per heavy atom. The molecule has 0 radical (unpaired) electrons. The van der Waals surface area contributed by atoms with Gasteiger partial charge in [-0.1, -0.05) is 13.8 Å². The van der Waals surface area contributed by atoms with E-state index in [1.165, 1.54) is 16.7 Å². The summed E-state index contributed by atoms with van der Waals surface area (Å²) >= 11 is 1.21. The zero-order chi connectivity index (χ0) is 15.5. The number of carboxylic acids is 1. The third-order valence-corrected chi connectivity index (χ3v) is 3.27. The number of amides is 1. The number of aromatic nitrogens is 1. The van der Waals surface area contributed by atoms with Gasteiger partial charge in [0.05, 0.1) is 6.04 Å². The molecule has 0 saturated heterocycles. The lowest BCUT2D eigenvalue weighted by Crippen LogP contribution is -2.36. The van der Waals surface area contributed by atoms with E-state index in [4.69, 9.17) is 9.84 Å². The largest absolute Gasteiger partial charge is 0.476 e. The number of hydrogen-bond acceptors (Lipinski definition) is 5. The van der Waals surface area contributed by atoms with E-state index in [2.05, 4.69) is 10.3 Å². The van der Waals surface area contributed by atoms with Gasteiger partial charge in [0.2, 0.25) is 0 Å². The van der Waals surface area contributed by atoms with Crippen molar-refractivity contribution in [2.75, 3.05) is 0 Å². The van der Waals surface area contributed by atoms with Crippen molar-refractivity contribution in [2.24, 2.45) is 5.92 Å². The molecule has 20 heavy (non-hydrogen) atoms. The first-order valence-corrected chi connectivity index (χ1v) is 7.16. The van der Waals surface area contributed by atoms with E-state index in [1.807, 2.05) is 13.8 Å². The monoisotopic (exact) mass is 300 g/mol. The zero-order valence-corrected chi connectivity index (χ0v) is 13.1. The van der Waals surface area contributed by atoms with Crippen molar-refractivity contribution in [2.45, 2.75) is 46.3 Å². The number of carbonyl (C=O) groups is 2. The topological polar surface area (TPSA) is 88.5 Å². The fourth-order valence-corrected chi connectivity index (χ4v) is 2.49. The maximum absolute atomic E-state index is 11.8. The van der Waals surface area contributed by atoms with E-state index in [0.29, 0.717) is 5.01 Å². The van der Waals surface area contributed by atoms with Gasteiger partial charge in [0.1, 0.15) is 10.6 Å². The Morgan fingerprint density at radius 3 is 2.40 bits per heavy atom. The average molecular weight is 300 g/mol. The number of carboxylic acid groups (broad SMARTS) is 1. The van der Waals surface area contributed by atoms with Crippen molar-refractivity contribution in [3.05, 3.63) is 16.1 Å². The molecule has 6 nitrogen and oxygen atoms in total. The Labute approximate surface area is 122 Å². The van der Waals surface area contributed by atoms with Gasteiger partial charge in [-0.15, -0.1) is 11.3 Å². The number of hydrogen-bond donors (Lipinski definition) is 2. The zero-order valence-electron chi connectivity index (χ0n) is 12.3. The SMILES string of the molecule is CC(C)[C@@H](NC(=O)OC(C)(C)C)c1nc(C(=O)O)cs1. The van der Waals surface area contributed by atoms with Gasteiger partial charge in [-0.05, 0) is 26.7 Å². The van der Waals surface area contributed by atoms with Crippen molar-refractivity contribution >= 4 is 23.4 Å². The first-order chi connectivity index (χ1) is 9.10. The van der Waals surface area contributed by atoms with Crippen LogP contribution in [0, 0.1) is 5.92 Å². The van der Waals surface area contributed by atoms with Gasteiger partial charge in [0.25, 0.3) is 0 Å². The van der Waals surface area contributed by atoms with Crippen molar-refractivity contribution in [3.8, 4) is 0 Å². The van der Waals surface area contributed by atoms with Gasteiger partial charge in [0.15, 0.2) is 5.69 Å². The van der Waals surface area contributed by atoms with Gasteiger partial charge < -0.3 is 15.2 Å². The average Bonchev–Trinajstić information content (AvgIpc) is 2.71. The molecule has 1 aromatic rings. The molecule has 0 bridgehead atoms. The van der Waals surface area contributed by atoms with Gasteiger partial charge in [0, 0.05) is 5.38 Å². The summed E-state index contributed by atoms with van der Waals surface area (Å²) in [6.07, 6.45) is -0.539. The van der Waals surface area contributed by atoms with Crippen LogP contribution in [0.5, 0.6) is 0 Å². The lowest BCUT2D eigenvalue weighted by Gasteiger charge is -2.24. The van der Waals surface area contributed by atoms with E-state index in [1.54, 1.807) is 20.8 Å². The van der Waals surface area contributed by atoms with Gasteiger partial charge in [-0.25, -0.2) is 14.6 Å². The predicted octanol–water partition coefficient (Wildman–Crippen LogP) is 3.06. The minimum atomic E-state index is -1.08. The first kappa shape index (κ1) is 16.4. The Bertz CT molecular complexity index is 491. The van der Waals surface area contributed by atoms with Crippen LogP contribution >= 0.6 is 11.3 Å². The second-order valence-electron chi connectivity index (χ2n) is 5.74. The number of ether oxygens (including phenoxy) is 1. The molecule has 1 heterocycles. The Hall–Kier alpha value is -1.63. The van der Waals surface area contributed by atoms with Crippen molar-refractivity contribution < 1.29 is 19.4 Å². The van der Waals surface area contributed by atoms with Crippen molar-refractivity contribution in [1.82, 2.24) is 10.3 Å². The highest BCUT2D eigenvalue weighted by Crippen LogP contribution is 2.25. The van der Waals surface area contributed by atoms with Crippen LogP contribution in [-0.2, 0) is 4.74 Å². The molecule has 7 heteroatoms. The third kappa shape index (κ3) is 4.80. The normalized spacial score (nSPS) is 13.1. The molecule has 0 aliphatic carbocycles. The summed E-state index contributed by atoms with van der Waals surface area (Å²) in [7, 11) is 0. The van der Waals surface area contributed by atoms with E-state index >= 15 is 0 Å². The maximum Gasteiger partial charge on any atom is 0.408 e. The minimum absolute atomic E-state index is 0.0124. The molecule has 1 aromatic heterocycles. The van der Waals surface area contributed by atoms with Gasteiger partial charge >= 0.3 is 12.1 Å². The highest BCUT2D eigenvalue weighted by Gasteiger charge is 2.25. The van der Waals surface area contributed by atoms with Crippen LogP contribution in [0.1, 0.15) is 56.2 Å². The summed E-state index contributed by atoms with van der Waals surface area (Å²) in [6.45, 7) is 9.18. The van der Waals surface area contributed by atoms with Gasteiger partial charge in [-0.3, -0.25) is 0 Å². The van der Waals surface area contributed by atoms with Crippen LogP contribution in [0.25, 0.3) is 0 Å². The molecule has 0 aromatic carbocycles. The molecule has 112 valence electrons. The second kappa shape index (κ2) is 6.21. The lowest BCUT2D eigenvalue weighted by atomic mass is 10.1. The fourth-order valence-electron chi connectivity index (χ4n) is 1.48. The Morgan fingerprint density at radius 1 is 1.40 bits per heavy atom. The Balaban J connectivity index is 2.84. The molecule has 0 saturated carbocycles. The molecule has 0 fully saturated rings. The van der Waals surface area contributed by atoms with Crippen LogP contribution in [0.2, 0.25) is 0 Å². The summed E-state index contributed by atoms with van der Waals surface area (Å²) in [4.78, 5) is 26.7. The van der Waals surface area contributed by atoms with Crippen LogP contribution in [-0.4, -0.2) is 27.8 Å². The van der Waals surface area contributed by atoms with Crippen LogP contribution in [0.3, 0.4) is 0 Å². The van der Waals surface area contributed by atoms with Crippen LogP contribution < -0.4 is 5.32 Å².